The Hall–Kier alpha value is -2.02. The minimum Gasteiger partial charge on any atom is -0.494 e. The maximum atomic E-state index is 6.26. The molecule has 0 bridgehead atoms. The molecule has 2 aromatic rings. The van der Waals surface area contributed by atoms with E-state index in [9.17, 15) is 0 Å². The van der Waals surface area contributed by atoms with Gasteiger partial charge in [-0.2, -0.15) is 0 Å². The van der Waals surface area contributed by atoms with Crippen LogP contribution < -0.4 is 0 Å². The molecule has 0 spiro atoms. The van der Waals surface area contributed by atoms with E-state index in [1.165, 1.54) is 55.4 Å². The van der Waals surface area contributed by atoms with Gasteiger partial charge in [-0.3, -0.25) is 0 Å². The summed E-state index contributed by atoms with van der Waals surface area (Å²) < 4.78 is 6.26. The van der Waals surface area contributed by atoms with E-state index in [4.69, 9.17) is 4.74 Å². The molecule has 2 aliphatic rings. The van der Waals surface area contributed by atoms with E-state index in [0.717, 1.165) is 12.3 Å². The lowest BCUT2D eigenvalue weighted by molar-refractivity contribution is 0.180. The molecule has 0 amide bonds. The van der Waals surface area contributed by atoms with Crippen molar-refractivity contribution in [3.63, 3.8) is 0 Å². The molecule has 0 heterocycles. The zero-order valence-corrected chi connectivity index (χ0v) is 17.5. The Labute approximate surface area is 170 Å². The van der Waals surface area contributed by atoms with Crippen LogP contribution in [0.15, 0.2) is 72.5 Å². The van der Waals surface area contributed by atoms with Crippen LogP contribution in [0.4, 0.5) is 0 Å². The first kappa shape index (κ1) is 19.3. The van der Waals surface area contributed by atoms with Gasteiger partial charge in [0, 0.05) is 11.8 Å². The highest BCUT2D eigenvalue weighted by Gasteiger charge is 2.73. The maximum Gasteiger partial charge on any atom is 0.113 e. The van der Waals surface area contributed by atoms with Gasteiger partial charge in [0.1, 0.15) is 6.61 Å². The zero-order chi connectivity index (χ0) is 19.5. The average molecular weight is 375 g/mol. The number of fused-ring (bicyclic) bond motifs is 1. The number of aryl methyl sites for hydroxylation is 1. The van der Waals surface area contributed by atoms with Gasteiger partial charge in [-0.25, -0.2) is 0 Å². The Morgan fingerprint density at radius 2 is 1.61 bits per heavy atom. The monoisotopic (exact) mass is 374 g/mol. The third-order valence-corrected chi connectivity index (χ3v) is 7.36. The van der Waals surface area contributed by atoms with Crippen LogP contribution in [-0.2, 0) is 17.8 Å². The smallest absolute Gasteiger partial charge is 0.113 e. The van der Waals surface area contributed by atoms with E-state index >= 15 is 0 Å². The first-order valence-corrected chi connectivity index (χ1v) is 11.1. The summed E-state index contributed by atoms with van der Waals surface area (Å²) in [5.41, 5.74) is 3.52. The van der Waals surface area contributed by atoms with Gasteiger partial charge in [0.25, 0.3) is 0 Å². The van der Waals surface area contributed by atoms with Crippen molar-refractivity contribution in [1.29, 1.82) is 0 Å². The Bertz CT molecular complexity index is 794. The van der Waals surface area contributed by atoms with Crippen molar-refractivity contribution in [2.75, 3.05) is 0 Å². The van der Waals surface area contributed by atoms with Crippen LogP contribution in [0.5, 0.6) is 0 Å². The summed E-state index contributed by atoms with van der Waals surface area (Å²) >= 11 is 0. The third-order valence-electron chi connectivity index (χ3n) is 7.36. The molecule has 0 aliphatic heterocycles. The highest BCUT2D eigenvalue weighted by atomic mass is 16.5. The predicted molar refractivity (Wildman–Crippen MR) is 117 cm³/mol. The highest BCUT2D eigenvalue weighted by Crippen LogP contribution is 2.79. The molecule has 148 valence electrons. The fourth-order valence-electron chi connectivity index (χ4n) is 5.72. The van der Waals surface area contributed by atoms with Crippen LogP contribution >= 0.6 is 0 Å². The Morgan fingerprint density at radius 3 is 2.29 bits per heavy atom. The van der Waals surface area contributed by atoms with Crippen LogP contribution in [0, 0.1) is 16.7 Å². The van der Waals surface area contributed by atoms with Crippen molar-refractivity contribution in [3.05, 3.63) is 83.6 Å². The molecule has 0 N–H and O–H groups in total. The van der Waals surface area contributed by atoms with Crippen LogP contribution in [0.1, 0.15) is 63.5 Å². The number of hydrogen-bond donors (Lipinski definition) is 0. The molecule has 3 atom stereocenters. The summed E-state index contributed by atoms with van der Waals surface area (Å²) in [5.74, 6) is 2.04. The molecule has 0 saturated heterocycles. The summed E-state index contributed by atoms with van der Waals surface area (Å²) in [6.07, 6.45) is 11.5. The molecule has 0 unspecified atom stereocenters. The largest absolute Gasteiger partial charge is 0.494 e. The van der Waals surface area contributed by atoms with Crippen molar-refractivity contribution in [2.24, 2.45) is 16.7 Å². The first-order chi connectivity index (χ1) is 13.7. The Kier molecular flexibility index (Phi) is 5.62. The number of benzene rings is 2. The molecule has 28 heavy (non-hydrogen) atoms. The third kappa shape index (κ3) is 3.64. The lowest BCUT2D eigenvalue weighted by Crippen LogP contribution is -2.03. The molecule has 2 aromatic carbocycles. The van der Waals surface area contributed by atoms with Gasteiger partial charge in [0.2, 0.25) is 0 Å². The number of allylic oxidation sites excluding steroid dienone is 2. The average Bonchev–Trinajstić information content (AvgIpc) is 3.04. The van der Waals surface area contributed by atoms with E-state index in [2.05, 4.69) is 80.6 Å². The lowest BCUT2D eigenvalue weighted by atomic mass is 9.91. The molecule has 4 rings (SSSR count). The fraction of sp³-hybridized carbons (Fsp3) is 0.481. The quantitative estimate of drug-likeness (QED) is 0.396. The highest BCUT2D eigenvalue weighted by molar-refractivity contribution is 5.36. The standard InChI is InChI=1S/C27H34O/c1-3-4-11-18-27-20-24(28-21-23-14-9-6-10-15-23)19-26(27,2)25(27)17-16-22-12-7-5-8-13-22/h5-10,12-15,20,25H,3-4,11,16-19,21H2,1-2H3/t25-,26+,27-/m0/s1. The fourth-order valence-corrected chi connectivity index (χ4v) is 5.72. The second kappa shape index (κ2) is 8.15. The van der Waals surface area contributed by atoms with E-state index < -0.39 is 0 Å². The van der Waals surface area contributed by atoms with Gasteiger partial charge in [0.15, 0.2) is 0 Å². The summed E-state index contributed by atoms with van der Waals surface area (Å²) in [7, 11) is 0. The molecule has 1 nitrogen and oxygen atoms in total. The molecule has 1 fully saturated rings. The van der Waals surface area contributed by atoms with E-state index in [-0.39, 0.29) is 0 Å². The number of hydrogen-bond acceptors (Lipinski definition) is 1. The minimum absolute atomic E-state index is 0.378. The van der Waals surface area contributed by atoms with E-state index in [0.29, 0.717) is 17.4 Å². The van der Waals surface area contributed by atoms with Gasteiger partial charge >= 0.3 is 0 Å². The first-order valence-electron chi connectivity index (χ1n) is 11.1. The summed E-state index contributed by atoms with van der Waals surface area (Å²) in [4.78, 5) is 0. The van der Waals surface area contributed by atoms with Gasteiger partial charge in [0.05, 0.1) is 5.76 Å². The van der Waals surface area contributed by atoms with Crippen molar-refractivity contribution in [1.82, 2.24) is 0 Å². The summed E-state index contributed by atoms with van der Waals surface area (Å²) in [6, 6.07) is 21.5. The molecule has 1 heteroatoms. The Balaban J connectivity index is 1.43. The molecular weight excluding hydrogens is 340 g/mol. The zero-order valence-electron chi connectivity index (χ0n) is 17.5. The van der Waals surface area contributed by atoms with Crippen LogP contribution in [0.25, 0.3) is 0 Å². The number of rotatable bonds is 10. The topological polar surface area (TPSA) is 9.23 Å². The number of unbranched alkanes of at least 4 members (excludes halogenated alkanes) is 2. The molecule has 0 radical (unpaired) electrons. The van der Waals surface area contributed by atoms with Gasteiger partial charge in [-0.15, -0.1) is 0 Å². The number of ether oxygens (including phenoxy) is 1. The SMILES string of the molecule is CCCCC[C@@]12C=C(OCc3ccccc3)C[C@]1(C)[C@@H]2CCc1ccccc1. The lowest BCUT2D eigenvalue weighted by Gasteiger charge is -2.14. The van der Waals surface area contributed by atoms with Crippen molar-refractivity contribution >= 4 is 0 Å². The van der Waals surface area contributed by atoms with E-state index in [1.54, 1.807) is 0 Å². The summed E-state index contributed by atoms with van der Waals surface area (Å²) in [5, 5.41) is 0. The van der Waals surface area contributed by atoms with Crippen LogP contribution in [0.2, 0.25) is 0 Å². The minimum atomic E-state index is 0.378. The normalized spacial score (nSPS) is 27.9. The molecular formula is C27H34O. The maximum absolute atomic E-state index is 6.26. The van der Waals surface area contributed by atoms with Crippen LogP contribution in [-0.4, -0.2) is 0 Å². The second-order valence-corrected chi connectivity index (χ2v) is 9.05. The van der Waals surface area contributed by atoms with Crippen molar-refractivity contribution in [2.45, 2.75) is 65.4 Å². The predicted octanol–water partition coefficient (Wildman–Crippen LogP) is 7.33. The van der Waals surface area contributed by atoms with Gasteiger partial charge in [-0.05, 0) is 47.8 Å². The van der Waals surface area contributed by atoms with E-state index in [1.807, 2.05) is 0 Å². The van der Waals surface area contributed by atoms with Gasteiger partial charge < -0.3 is 4.74 Å². The Morgan fingerprint density at radius 1 is 0.929 bits per heavy atom. The van der Waals surface area contributed by atoms with Crippen molar-refractivity contribution in [3.8, 4) is 0 Å². The van der Waals surface area contributed by atoms with Gasteiger partial charge in [-0.1, -0.05) is 93.8 Å². The summed E-state index contributed by atoms with van der Waals surface area (Å²) in [6.45, 7) is 5.52. The molecule has 2 aliphatic carbocycles. The molecule has 0 aromatic heterocycles. The van der Waals surface area contributed by atoms with Crippen LogP contribution in [0.3, 0.4) is 0 Å². The second-order valence-electron chi connectivity index (χ2n) is 9.05. The van der Waals surface area contributed by atoms with Crippen molar-refractivity contribution < 1.29 is 4.74 Å². The molecule has 1 saturated carbocycles.